The number of nitrogens with one attached hydrogen (secondary N) is 1. The first kappa shape index (κ1) is 7.86. The summed E-state index contributed by atoms with van der Waals surface area (Å²) in [6, 6.07) is 0. The predicted octanol–water partition coefficient (Wildman–Crippen LogP) is 0.502. The number of rotatable bonds is 2. The summed E-state index contributed by atoms with van der Waals surface area (Å²) in [4.78, 5) is 10.7. The van der Waals surface area contributed by atoms with Gasteiger partial charge in [-0.2, -0.15) is 0 Å². The fourth-order valence-electron chi connectivity index (χ4n) is 0.436. The molecule has 0 atom stereocenters. The Kier molecular flexibility index (Phi) is 2.73. The summed E-state index contributed by atoms with van der Waals surface area (Å²) >= 11 is 0.993. The van der Waals surface area contributed by atoms with Crippen molar-refractivity contribution in [3.05, 3.63) is 0 Å². The molecule has 7 heteroatoms. The quantitative estimate of drug-likeness (QED) is 0.706. The van der Waals surface area contributed by atoms with E-state index in [1.165, 1.54) is 0 Å². The van der Waals surface area contributed by atoms with Crippen LogP contribution < -0.4 is 5.32 Å². The molecule has 6 nitrogen and oxygen atoms in total. The van der Waals surface area contributed by atoms with E-state index in [0.29, 0.717) is 11.7 Å². The first-order valence-electron chi connectivity index (χ1n) is 2.91. The Hall–Kier alpha value is -1.24. The molecule has 0 unspecified atom stereocenters. The van der Waals surface area contributed by atoms with Crippen LogP contribution in [0.4, 0.5) is 9.93 Å². The molecular weight excluding hydrogens is 168 g/mol. The third kappa shape index (κ3) is 2.46. The van der Waals surface area contributed by atoms with Gasteiger partial charge in [0.25, 0.3) is 0 Å². The second-order valence-electron chi connectivity index (χ2n) is 1.51. The zero-order valence-electron chi connectivity index (χ0n) is 5.77. The van der Waals surface area contributed by atoms with Crippen LogP contribution in [-0.2, 0) is 4.74 Å². The van der Waals surface area contributed by atoms with Gasteiger partial charge >= 0.3 is 6.09 Å². The van der Waals surface area contributed by atoms with E-state index in [0.717, 1.165) is 11.5 Å². The summed E-state index contributed by atoms with van der Waals surface area (Å²) < 4.78 is 8.02. The van der Waals surface area contributed by atoms with Crippen LogP contribution in [0.1, 0.15) is 6.92 Å². The minimum Gasteiger partial charge on any atom is -0.450 e. The smallest absolute Gasteiger partial charge is 0.413 e. The third-order valence-corrected chi connectivity index (χ3v) is 1.30. The number of ether oxygens (including phenoxy) is 1. The van der Waals surface area contributed by atoms with E-state index in [1.807, 2.05) is 0 Å². The van der Waals surface area contributed by atoms with E-state index in [1.54, 1.807) is 6.92 Å². The predicted molar refractivity (Wildman–Crippen MR) is 38.3 cm³/mol. The van der Waals surface area contributed by atoms with Gasteiger partial charge in [-0.15, -0.1) is 0 Å². The molecule has 0 aliphatic rings. The second-order valence-corrected chi connectivity index (χ2v) is 2.25. The maximum atomic E-state index is 10.7. The molecule has 1 heterocycles. The standard InChI is InChI=1S/C4H6N4O2S/c1-2-10-4(9)5-3-6-7-8-11-3/h2H2,1H3,(H,5,6,8,9). The Morgan fingerprint density at radius 2 is 2.64 bits per heavy atom. The SMILES string of the molecule is CCOC(=O)Nc1nnns1. The van der Waals surface area contributed by atoms with E-state index in [-0.39, 0.29) is 0 Å². The van der Waals surface area contributed by atoms with Gasteiger partial charge in [0.2, 0.25) is 5.13 Å². The van der Waals surface area contributed by atoms with Crippen LogP contribution in [0.5, 0.6) is 0 Å². The number of nitrogens with zero attached hydrogens (tertiary/aromatic N) is 3. The second kappa shape index (κ2) is 3.81. The molecule has 0 saturated carbocycles. The van der Waals surface area contributed by atoms with E-state index in [9.17, 15) is 4.79 Å². The number of carbonyl (C=O) groups is 1. The van der Waals surface area contributed by atoms with Crippen molar-refractivity contribution in [2.24, 2.45) is 0 Å². The molecule has 0 saturated heterocycles. The largest absolute Gasteiger partial charge is 0.450 e. The van der Waals surface area contributed by atoms with Gasteiger partial charge < -0.3 is 4.74 Å². The monoisotopic (exact) mass is 174 g/mol. The van der Waals surface area contributed by atoms with Gasteiger partial charge in [-0.3, -0.25) is 5.32 Å². The molecule has 0 fully saturated rings. The van der Waals surface area contributed by atoms with Gasteiger partial charge in [-0.1, -0.05) is 9.59 Å². The number of anilines is 1. The lowest BCUT2D eigenvalue weighted by molar-refractivity contribution is 0.168. The number of carbonyl (C=O) groups excluding carboxylic acids is 1. The van der Waals surface area contributed by atoms with Gasteiger partial charge in [0.1, 0.15) is 0 Å². The van der Waals surface area contributed by atoms with Crippen molar-refractivity contribution in [2.75, 3.05) is 11.9 Å². The number of aromatic nitrogens is 3. The molecule has 0 aromatic carbocycles. The Bertz CT molecular complexity index is 224. The molecule has 0 aliphatic heterocycles. The van der Waals surface area contributed by atoms with E-state index in [2.05, 4.69) is 24.9 Å². The summed E-state index contributed by atoms with van der Waals surface area (Å²) in [6.07, 6.45) is -0.536. The molecule has 0 bridgehead atoms. The average molecular weight is 174 g/mol. The van der Waals surface area contributed by atoms with E-state index < -0.39 is 6.09 Å². The average Bonchev–Trinajstić information content (AvgIpc) is 2.40. The minimum atomic E-state index is -0.536. The van der Waals surface area contributed by atoms with Gasteiger partial charge in [0.05, 0.1) is 6.61 Å². The molecule has 1 N–H and O–H groups in total. The zero-order chi connectivity index (χ0) is 8.10. The van der Waals surface area contributed by atoms with Crippen LogP contribution in [0.2, 0.25) is 0 Å². The highest BCUT2D eigenvalue weighted by atomic mass is 32.1. The molecule has 1 amide bonds. The molecule has 60 valence electrons. The molecule has 11 heavy (non-hydrogen) atoms. The van der Waals surface area contributed by atoms with E-state index >= 15 is 0 Å². The zero-order valence-corrected chi connectivity index (χ0v) is 6.59. The van der Waals surface area contributed by atoms with Gasteiger partial charge in [0, 0.05) is 11.5 Å². The van der Waals surface area contributed by atoms with Crippen molar-refractivity contribution in [2.45, 2.75) is 6.92 Å². The Balaban J connectivity index is 2.37. The van der Waals surface area contributed by atoms with Crippen molar-refractivity contribution in [1.82, 2.24) is 14.8 Å². The highest BCUT2D eigenvalue weighted by Crippen LogP contribution is 2.04. The van der Waals surface area contributed by atoms with Crippen LogP contribution in [0.25, 0.3) is 0 Å². The summed E-state index contributed by atoms with van der Waals surface area (Å²) in [5.74, 6) is 0. The maximum absolute atomic E-state index is 10.7. The van der Waals surface area contributed by atoms with Crippen LogP contribution in [0.3, 0.4) is 0 Å². The number of amides is 1. The first-order valence-corrected chi connectivity index (χ1v) is 3.69. The summed E-state index contributed by atoms with van der Waals surface area (Å²) in [5, 5.41) is 9.45. The highest BCUT2D eigenvalue weighted by molar-refractivity contribution is 7.09. The van der Waals surface area contributed by atoms with Crippen molar-refractivity contribution < 1.29 is 9.53 Å². The molecule has 0 radical (unpaired) electrons. The van der Waals surface area contributed by atoms with Crippen LogP contribution >= 0.6 is 11.5 Å². The topological polar surface area (TPSA) is 77.0 Å². The molecule has 0 spiro atoms. The molecule has 0 aliphatic carbocycles. The summed E-state index contributed by atoms with van der Waals surface area (Å²) in [6.45, 7) is 2.05. The van der Waals surface area contributed by atoms with Gasteiger partial charge in [-0.25, -0.2) is 4.79 Å². The van der Waals surface area contributed by atoms with Crippen LogP contribution in [0, 0.1) is 0 Å². The summed E-state index contributed by atoms with van der Waals surface area (Å²) in [7, 11) is 0. The molecule has 1 rings (SSSR count). The Labute approximate surface area is 66.7 Å². The van der Waals surface area contributed by atoms with Crippen molar-refractivity contribution >= 4 is 22.8 Å². The highest BCUT2D eigenvalue weighted by Gasteiger charge is 2.03. The number of hydrogen-bond acceptors (Lipinski definition) is 6. The molecule has 1 aromatic rings. The lowest BCUT2D eigenvalue weighted by Gasteiger charge is -1.98. The fourth-order valence-corrected chi connectivity index (χ4v) is 0.789. The van der Waals surface area contributed by atoms with Gasteiger partial charge in [-0.05, 0) is 12.1 Å². The Morgan fingerprint density at radius 3 is 3.18 bits per heavy atom. The number of hydrogen-bond donors (Lipinski definition) is 1. The van der Waals surface area contributed by atoms with Gasteiger partial charge in [0.15, 0.2) is 0 Å². The third-order valence-electron chi connectivity index (χ3n) is 0.784. The van der Waals surface area contributed by atoms with Crippen LogP contribution in [-0.4, -0.2) is 27.5 Å². The lowest BCUT2D eigenvalue weighted by Crippen LogP contribution is -2.12. The van der Waals surface area contributed by atoms with Crippen molar-refractivity contribution in [1.29, 1.82) is 0 Å². The molecular formula is C4H6N4O2S. The molecule has 1 aromatic heterocycles. The summed E-state index contributed by atoms with van der Waals surface area (Å²) in [5.41, 5.74) is 0. The lowest BCUT2D eigenvalue weighted by atomic mass is 10.9. The normalized spacial score (nSPS) is 9.18. The Morgan fingerprint density at radius 1 is 1.82 bits per heavy atom. The fraction of sp³-hybridized carbons (Fsp3) is 0.500. The van der Waals surface area contributed by atoms with Crippen molar-refractivity contribution in [3.63, 3.8) is 0 Å². The van der Waals surface area contributed by atoms with E-state index in [4.69, 9.17) is 0 Å². The van der Waals surface area contributed by atoms with Crippen LogP contribution in [0.15, 0.2) is 0 Å². The van der Waals surface area contributed by atoms with Crippen molar-refractivity contribution in [3.8, 4) is 0 Å². The first-order chi connectivity index (χ1) is 5.33. The minimum absolute atomic E-state index is 0.331. The maximum Gasteiger partial charge on any atom is 0.413 e.